The Morgan fingerprint density at radius 1 is 1.23 bits per heavy atom. The Kier molecular flexibility index (Phi) is 6.93. The number of para-hydroxylation sites is 1. The van der Waals surface area contributed by atoms with E-state index in [4.69, 9.17) is 0 Å². The molecule has 1 fully saturated rings. The lowest BCUT2D eigenvalue weighted by Gasteiger charge is -2.36. The number of aliphatic hydroxyl groups excluding tert-OH is 1. The van der Waals surface area contributed by atoms with Crippen molar-refractivity contribution in [3.8, 4) is 0 Å². The van der Waals surface area contributed by atoms with E-state index in [0.29, 0.717) is 0 Å². The molecule has 31 heavy (non-hydrogen) atoms. The maximum Gasteiger partial charge on any atom is 0.414 e. The number of alkyl halides is 3. The molecule has 1 aromatic carbocycles. The fourth-order valence-corrected chi connectivity index (χ4v) is 3.98. The van der Waals surface area contributed by atoms with E-state index >= 15 is 0 Å². The Labute approximate surface area is 178 Å². The average molecular weight is 439 g/mol. The summed E-state index contributed by atoms with van der Waals surface area (Å²) in [6, 6.07) is 6.81. The Morgan fingerprint density at radius 2 is 1.87 bits per heavy atom. The monoisotopic (exact) mass is 439 g/mol. The molecule has 1 aliphatic rings. The summed E-state index contributed by atoms with van der Waals surface area (Å²) >= 11 is 0. The van der Waals surface area contributed by atoms with Gasteiger partial charge in [-0.3, -0.25) is 9.59 Å². The predicted octanol–water partition coefficient (Wildman–Crippen LogP) is 3.01. The number of piperidine rings is 1. The number of H-pyrrole nitrogens is 1. The molecule has 1 aromatic heterocycles. The lowest BCUT2D eigenvalue weighted by atomic mass is 9.90. The van der Waals surface area contributed by atoms with Gasteiger partial charge in [-0.1, -0.05) is 32.0 Å². The number of carbonyl (C=O) groups is 2. The normalized spacial score (nSPS) is 17.7. The molecule has 0 bridgehead atoms. The van der Waals surface area contributed by atoms with Crippen LogP contribution in [0.25, 0.3) is 10.9 Å². The van der Waals surface area contributed by atoms with Crippen molar-refractivity contribution in [3.63, 3.8) is 0 Å². The fraction of sp³-hybridized carbons (Fsp3) is 0.545. The summed E-state index contributed by atoms with van der Waals surface area (Å²) in [6.07, 6.45) is -4.85. The van der Waals surface area contributed by atoms with Gasteiger partial charge >= 0.3 is 6.18 Å². The Balaban J connectivity index is 1.73. The predicted molar refractivity (Wildman–Crippen MR) is 110 cm³/mol. The van der Waals surface area contributed by atoms with Crippen LogP contribution >= 0.6 is 0 Å². The summed E-state index contributed by atoms with van der Waals surface area (Å²) < 4.78 is 38.4. The number of carbonyl (C=O) groups excluding carboxylic acids is 2. The first-order chi connectivity index (χ1) is 14.6. The molecule has 0 saturated carbocycles. The number of nitrogens with one attached hydrogen (secondary N) is 2. The average Bonchev–Trinajstić information content (AvgIpc) is 3.14. The molecule has 0 radical (unpaired) electrons. The summed E-state index contributed by atoms with van der Waals surface area (Å²) in [5, 5.41) is 13.3. The van der Waals surface area contributed by atoms with Crippen LogP contribution < -0.4 is 5.32 Å². The number of hydrogen-bond donors (Lipinski definition) is 3. The largest absolute Gasteiger partial charge is 0.414 e. The van der Waals surface area contributed by atoms with Gasteiger partial charge in [-0.05, 0) is 30.4 Å². The van der Waals surface area contributed by atoms with E-state index in [2.05, 4.69) is 10.3 Å². The molecular weight excluding hydrogens is 411 g/mol. The smallest absolute Gasteiger partial charge is 0.383 e. The molecule has 0 aliphatic carbocycles. The van der Waals surface area contributed by atoms with Crippen molar-refractivity contribution < 1.29 is 27.9 Å². The van der Waals surface area contributed by atoms with Crippen LogP contribution in [0.5, 0.6) is 0 Å². The van der Waals surface area contributed by atoms with Gasteiger partial charge in [0.25, 0.3) is 0 Å². The van der Waals surface area contributed by atoms with E-state index < -0.39 is 24.2 Å². The Morgan fingerprint density at radius 3 is 2.48 bits per heavy atom. The Bertz CT molecular complexity index is 917. The second-order valence-corrected chi connectivity index (χ2v) is 8.43. The van der Waals surface area contributed by atoms with Crippen molar-refractivity contribution >= 4 is 22.7 Å². The van der Waals surface area contributed by atoms with Gasteiger partial charge in [-0.15, -0.1) is 0 Å². The number of benzene rings is 1. The first-order valence-electron chi connectivity index (χ1n) is 10.5. The number of aliphatic hydroxyl groups is 1. The fourth-order valence-electron chi connectivity index (χ4n) is 3.98. The molecule has 1 saturated heterocycles. The van der Waals surface area contributed by atoms with E-state index in [1.807, 2.05) is 24.3 Å². The minimum Gasteiger partial charge on any atom is -0.383 e. The third-order valence-electron chi connectivity index (χ3n) is 5.87. The minimum absolute atomic E-state index is 0.0599. The van der Waals surface area contributed by atoms with E-state index in [-0.39, 0.29) is 50.1 Å². The number of fused-ring (bicyclic) bond motifs is 1. The molecule has 170 valence electrons. The zero-order valence-electron chi connectivity index (χ0n) is 17.6. The van der Waals surface area contributed by atoms with Crippen molar-refractivity contribution in [1.82, 2.24) is 15.2 Å². The minimum atomic E-state index is -4.67. The van der Waals surface area contributed by atoms with Gasteiger partial charge in [0.2, 0.25) is 11.8 Å². The number of nitrogens with zero attached hydrogens (tertiary/aromatic N) is 1. The number of halogens is 3. The molecule has 2 atom stereocenters. The van der Waals surface area contributed by atoms with Gasteiger partial charge in [0.05, 0.1) is 0 Å². The van der Waals surface area contributed by atoms with Gasteiger partial charge in [-0.25, -0.2) is 0 Å². The molecule has 0 spiro atoms. The van der Waals surface area contributed by atoms with Crippen molar-refractivity contribution in [1.29, 1.82) is 0 Å². The van der Waals surface area contributed by atoms with Crippen LogP contribution in [0, 0.1) is 11.8 Å². The quantitative estimate of drug-likeness (QED) is 0.647. The second-order valence-electron chi connectivity index (χ2n) is 8.43. The maximum atomic E-state index is 13.2. The SMILES string of the molecule is CC(C)C(=O)NC(Cc1c[nH]c2ccccc12)C(=O)N1CCC(C(O)C(F)(F)F)CC1. The van der Waals surface area contributed by atoms with Crippen molar-refractivity contribution in [2.24, 2.45) is 11.8 Å². The summed E-state index contributed by atoms with van der Waals surface area (Å²) in [4.78, 5) is 30.2. The molecule has 3 N–H and O–H groups in total. The zero-order valence-corrected chi connectivity index (χ0v) is 17.6. The van der Waals surface area contributed by atoms with Gasteiger partial charge in [-0.2, -0.15) is 13.2 Å². The molecule has 6 nitrogen and oxygen atoms in total. The summed E-state index contributed by atoms with van der Waals surface area (Å²) in [5.41, 5.74) is 1.79. The lowest BCUT2D eigenvalue weighted by Crippen LogP contribution is -2.53. The third-order valence-corrected chi connectivity index (χ3v) is 5.87. The maximum absolute atomic E-state index is 13.2. The highest BCUT2D eigenvalue weighted by Crippen LogP contribution is 2.32. The highest BCUT2D eigenvalue weighted by Gasteiger charge is 2.44. The number of aromatic amines is 1. The number of rotatable bonds is 6. The van der Waals surface area contributed by atoms with E-state index in [0.717, 1.165) is 16.5 Å². The van der Waals surface area contributed by atoms with Crippen molar-refractivity contribution in [2.45, 2.75) is 51.4 Å². The highest BCUT2D eigenvalue weighted by molar-refractivity contribution is 5.90. The van der Waals surface area contributed by atoms with Crippen LogP contribution in [0.1, 0.15) is 32.3 Å². The summed E-state index contributed by atoms with van der Waals surface area (Å²) in [6.45, 7) is 3.68. The molecule has 2 unspecified atom stereocenters. The summed E-state index contributed by atoms with van der Waals surface area (Å²) in [5.74, 6) is -1.83. The topological polar surface area (TPSA) is 85.4 Å². The molecule has 9 heteroatoms. The first kappa shape index (κ1) is 23.1. The van der Waals surface area contributed by atoms with Crippen LogP contribution in [-0.2, 0) is 16.0 Å². The highest BCUT2D eigenvalue weighted by atomic mass is 19.4. The number of amides is 2. The standard InChI is InChI=1S/C22H28F3N3O3/c1-13(2)20(30)27-18(11-15-12-26-17-6-4-3-5-16(15)17)21(31)28-9-7-14(8-10-28)19(29)22(23,24)25/h3-6,12-14,18-19,26,29H,7-11H2,1-2H3,(H,27,30). The molecular formula is C22H28F3N3O3. The Hall–Kier alpha value is -2.55. The van der Waals surface area contributed by atoms with E-state index in [1.54, 1.807) is 20.0 Å². The first-order valence-corrected chi connectivity index (χ1v) is 10.5. The zero-order chi connectivity index (χ0) is 22.8. The number of hydrogen-bond acceptors (Lipinski definition) is 3. The van der Waals surface area contributed by atoms with E-state index in [9.17, 15) is 27.9 Å². The lowest BCUT2D eigenvalue weighted by molar-refractivity contribution is -0.223. The summed E-state index contributed by atoms with van der Waals surface area (Å²) in [7, 11) is 0. The van der Waals surface area contributed by atoms with Gasteiger partial charge in [0.1, 0.15) is 6.04 Å². The van der Waals surface area contributed by atoms with E-state index in [1.165, 1.54) is 4.90 Å². The number of aromatic nitrogens is 1. The van der Waals surface area contributed by atoms with Gasteiger partial charge in [0.15, 0.2) is 6.10 Å². The van der Waals surface area contributed by atoms with Crippen LogP contribution in [0.3, 0.4) is 0 Å². The molecule has 2 heterocycles. The van der Waals surface area contributed by atoms with Crippen LogP contribution in [-0.4, -0.2) is 58.2 Å². The van der Waals surface area contributed by atoms with Crippen molar-refractivity contribution in [2.75, 3.05) is 13.1 Å². The van der Waals surface area contributed by atoms with Crippen molar-refractivity contribution in [3.05, 3.63) is 36.0 Å². The number of likely N-dealkylation sites (tertiary alicyclic amines) is 1. The third kappa shape index (κ3) is 5.39. The van der Waals surface area contributed by atoms with Crippen LogP contribution in [0.2, 0.25) is 0 Å². The molecule has 3 rings (SSSR count). The van der Waals surface area contributed by atoms with Gasteiger partial charge < -0.3 is 20.3 Å². The molecule has 1 aliphatic heterocycles. The molecule has 2 amide bonds. The van der Waals surface area contributed by atoms with Crippen LogP contribution in [0.4, 0.5) is 13.2 Å². The second kappa shape index (κ2) is 9.30. The molecule has 2 aromatic rings. The van der Waals surface area contributed by atoms with Gasteiger partial charge in [0, 0.05) is 42.5 Å². The van der Waals surface area contributed by atoms with Crippen LogP contribution in [0.15, 0.2) is 30.5 Å².